The molecule has 0 saturated heterocycles. The van der Waals surface area contributed by atoms with Gasteiger partial charge in [-0.3, -0.25) is 9.59 Å². The monoisotopic (exact) mass is 287 g/mol. The van der Waals surface area contributed by atoms with E-state index in [1.54, 1.807) is 18.2 Å². The molecule has 6 heteroatoms. The SMILES string of the molecule is CC(=O)Nc1cc(NC(=O)c2ccnc(F)c2)ccc1C. The predicted octanol–water partition coefficient (Wildman–Crippen LogP) is 2.74. The van der Waals surface area contributed by atoms with Gasteiger partial charge in [-0.25, -0.2) is 4.98 Å². The minimum atomic E-state index is -0.717. The average Bonchev–Trinajstić information content (AvgIpc) is 2.42. The molecule has 2 N–H and O–H groups in total. The van der Waals surface area contributed by atoms with E-state index in [2.05, 4.69) is 15.6 Å². The Morgan fingerprint density at radius 3 is 2.57 bits per heavy atom. The third kappa shape index (κ3) is 3.85. The molecule has 0 radical (unpaired) electrons. The van der Waals surface area contributed by atoms with Crippen molar-refractivity contribution in [2.24, 2.45) is 0 Å². The molecule has 2 rings (SSSR count). The Labute approximate surface area is 121 Å². The quantitative estimate of drug-likeness (QED) is 0.853. The van der Waals surface area contributed by atoms with Crippen molar-refractivity contribution in [1.82, 2.24) is 4.98 Å². The van der Waals surface area contributed by atoms with Crippen molar-refractivity contribution in [2.45, 2.75) is 13.8 Å². The molecular weight excluding hydrogens is 273 g/mol. The summed E-state index contributed by atoms with van der Waals surface area (Å²) in [5.41, 5.74) is 2.16. The molecule has 1 aromatic heterocycles. The number of aromatic nitrogens is 1. The molecule has 0 atom stereocenters. The van der Waals surface area contributed by atoms with E-state index in [0.717, 1.165) is 11.6 Å². The van der Waals surface area contributed by atoms with Crippen LogP contribution in [0.25, 0.3) is 0 Å². The van der Waals surface area contributed by atoms with Crippen LogP contribution in [0.5, 0.6) is 0 Å². The Balaban J connectivity index is 2.19. The molecule has 0 aliphatic carbocycles. The fourth-order valence-electron chi connectivity index (χ4n) is 1.77. The standard InChI is InChI=1S/C15H14FN3O2/c1-9-3-4-12(8-13(9)18-10(2)20)19-15(21)11-5-6-17-14(16)7-11/h3-8H,1-2H3,(H,18,20)(H,19,21). The number of halogens is 1. The van der Waals surface area contributed by atoms with Crippen molar-refractivity contribution in [3.8, 4) is 0 Å². The minimum Gasteiger partial charge on any atom is -0.326 e. The van der Waals surface area contributed by atoms with Crippen LogP contribution in [-0.4, -0.2) is 16.8 Å². The molecule has 1 heterocycles. The Kier molecular flexibility index (Phi) is 4.27. The number of nitrogens with one attached hydrogen (secondary N) is 2. The first-order chi connectivity index (χ1) is 9.95. The van der Waals surface area contributed by atoms with Gasteiger partial charge in [0.2, 0.25) is 11.9 Å². The van der Waals surface area contributed by atoms with Crippen molar-refractivity contribution in [2.75, 3.05) is 10.6 Å². The van der Waals surface area contributed by atoms with E-state index in [-0.39, 0.29) is 11.5 Å². The lowest BCUT2D eigenvalue weighted by molar-refractivity contribution is -0.114. The first-order valence-electron chi connectivity index (χ1n) is 6.27. The molecule has 0 bridgehead atoms. The van der Waals surface area contributed by atoms with Crippen molar-refractivity contribution < 1.29 is 14.0 Å². The van der Waals surface area contributed by atoms with E-state index in [9.17, 15) is 14.0 Å². The Morgan fingerprint density at radius 2 is 1.90 bits per heavy atom. The molecule has 0 fully saturated rings. The summed E-state index contributed by atoms with van der Waals surface area (Å²) in [6, 6.07) is 7.59. The van der Waals surface area contributed by atoms with E-state index >= 15 is 0 Å². The summed E-state index contributed by atoms with van der Waals surface area (Å²) >= 11 is 0. The van der Waals surface area contributed by atoms with Gasteiger partial charge in [0.05, 0.1) is 0 Å². The Morgan fingerprint density at radius 1 is 1.14 bits per heavy atom. The van der Waals surface area contributed by atoms with Crippen molar-refractivity contribution in [1.29, 1.82) is 0 Å². The van der Waals surface area contributed by atoms with Gasteiger partial charge in [0, 0.05) is 36.1 Å². The van der Waals surface area contributed by atoms with Crippen molar-refractivity contribution >= 4 is 23.2 Å². The molecule has 0 aliphatic heterocycles. The number of hydrogen-bond acceptors (Lipinski definition) is 3. The summed E-state index contributed by atoms with van der Waals surface area (Å²) in [5, 5.41) is 5.32. The zero-order valence-electron chi connectivity index (χ0n) is 11.6. The van der Waals surface area contributed by atoms with Gasteiger partial charge in [0.1, 0.15) is 0 Å². The topological polar surface area (TPSA) is 71.1 Å². The average molecular weight is 287 g/mol. The van der Waals surface area contributed by atoms with Crippen LogP contribution in [0.15, 0.2) is 36.5 Å². The minimum absolute atomic E-state index is 0.171. The van der Waals surface area contributed by atoms with Gasteiger partial charge >= 0.3 is 0 Å². The van der Waals surface area contributed by atoms with Gasteiger partial charge in [0.25, 0.3) is 5.91 Å². The van der Waals surface area contributed by atoms with E-state index in [1.807, 2.05) is 6.92 Å². The van der Waals surface area contributed by atoms with Crippen LogP contribution in [0.3, 0.4) is 0 Å². The van der Waals surface area contributed by atoms with E-state index in [0.29, 0.717) is 11.4 Å². The molecule has 0 unspecified atom stereocenters. The van der Waals surface area contributed by atoms with Crippen LogP contribution in [0.1, 0.15) is 22.8 Å². The van der Waals surface area contributed by atoms with Gasteiger partial charge < -0.3 is 10.6 Å². The summed E-state index contributed by atoms with van der Waals surface area (Å²) in [4.78, 5) is 26.5. The van der Waals surface area contributed by atoms with Crippen LogP contribution < -0.4 is 10.6 Å². The second-order valence-electron chi connectivity index (χ2n) is 4.53. The second kappa shape index (κ2) is 6.13. The normalized spacial score (nSPS) is 10.0. The van der Waals surface area contributed by atoms with Crippen LogP contribution in [0.2, 0.25) is 0 Å². The number of anilines is 2. The van der Waals surface area contributed by atoms with Crippen LogP contribution in [0.4, 0.5) is 15.8 Å². The molecule has 0 saturated carbocycles. The van der Waals surface area contributed by atoms with Gasteiger partial charge in [-0.1, -0.05) is 6.07 Å². The first-order valence-corrected chi connectivity index (χ1v) is 6.27. The number of nitrogens with zero attached hydrogens (tertiary/aromatic N) is 1. The fourth-order valence-corrected chi connectivity index (χ4v) is 1.77. The molecule has 21 heavy (non-hydrogen) atoms. The highest BCUT2D eigenvalue weighted by atomic mass is 19.1. The number of amides is 2. The second-order valence-corrected chi connectivity index (χ2v) is 4.53. The maximum absolute atomic E-state index is 13.0. The smallest absolute Gasteiger partial charge is 0.255 e. The molecule has 2 aromatic rings. The van der Waals surface area contributed by atoms with Gasteiger partial charge in [0.15, 0.2) is 0 Å². The van der Waals surface area contributed by atoms with Crippen molar-refractivity contribution in [3.05, 3.63) is 53.6 Å². The highest BCUT2D eigenvalue weighted by molar-refractivity contribution is 6.04. The predicted molar refractivity (Wildman–Crippen MR) is 77.6 cm³/mol. The third-order valence-corrected chi connectivity index (χ3v) is 2.79. The van der Waals surface area contributed by atoms with Gasteiger partial charge in [-0.15, -0.1) is 0 Å². The van der Waals surface area contributed by atoms with E-state index < -0.39 is 11.9 Å². The molecule has 2 amide bonds. The third-order valence-electron chi connectivity index (χ3n) is 2.79. The lowest BCUT2D eigenvalue weighted by Crippen LogP contribution is -2.13. The van der Waals surface area contributed by atoms with Crippen LogP contribution in [-0.2, 0) is 4.79 Å². The van der Waals surface area contributed by atoms with E-state index in [4.69, 9.17) is 0 Å². The highest BCUT2D eigenvalue weighted by Crippen LogP contribution is 2.20. The molecule has 0 aliphatic rings. The summed E-state index contributed by atoms with van der Waals surface area (Å²) in [6.45, 7) is 3.25. The Bertz CT molecular complexity index is 701. The summed E-state index contributed by atoms with van der Waals surface area (Å²) in [5.74, 6) is -1.36. The zero-order valence-corrected chi connectivity index (χ0v) is 11.6. The lowest BCUT2D eigenvalue weighted by atomic mass is 10.1. The number of benzene rings is 1. The van der Waals surface area contributed by atoms with Crippen LogP contribution >= 0.6 is 0 Å². The number of pyridine rings is 1. The molecule has 1 aromatic carbocycles. The van der Waals surface area contributed by atoms with Gasteiger partial charge in [-0.2, -0.15) is 4.39 Å². The Hall–Kier alpha value is -2.76. The summed E-state index contributed by atoms with van der Waals surface area (Å²) in [6.07, 6.45) is 1.22. The zero-order chi connectivity index (χ0) is 15.4. The number of carbonyl (C=O) groups excluding carboxylic acids is 2. The maximum Gasteiger partial charge on any atom is 0.255 e. The van der Waals surface area contributed by atoms with Crippen molar-refractivity contribution in [3.63, 3.8) is 0 Å². The molecule has 5 nitrogen and oxygen atoms in total. The highest BCUT2D eigenvalue weighted by Gasteiger charge is 2.09. The summed E-state index contributed by atoms with van der Waals surface area (Å²) < 4.78 is 13.0. The summed E-state index contributed by atoms with van der Waals surface area (Å²) in [7, 11) is 0. The number of aryl methyl sites for hydroxylation is 1. The number of hydrogen-bond donors (Lipinski definition) is 2. The molecular formula is C15H14FN3O2. The number of carbonyl (C=O) groups is 2. The van der Waals surface area contributed by atoms with E-state index in [1.165, 1.54) is 19.2 Å². The molecule has 0 spiro atoms. The lowest BCUT2D eigenvalue weighted by Gasteiger charge is -2.10. The number of rotatable bonds is 3. The van der Waals surface area contributed by atoms with Gasteiger partial charge in [-0.05, 0) is 30.7 Å². The fraction of sp³-hybridized carbons (Fsp3) is 0.133. The maximum atomic E-state index is 13.0. The first kappa shape index (κ1) is 14.6. The van der Waals surface area contributed by atoms with Crippen LogP contribution in [0, 0.1) is 12.9 Å². The molecule has 108 valence electrons. The largest absolute Gasteiger partial charge is 0.326 e.